The van der Waals surface area contributed by atoms with E-state index in [4.69, 9.17) is 0 Å². The number of ether oxygens (including phenoxy) is 1. The Labute approximate surface area is 200 Å². The summed E-state index contributed by atoms with van der Waals surface area (Å²) in [6.07, 6.45) is -2.71. The SMILES string of the molecule is O=C(Nc1ccc(OC(F)(F)F)cc1)NC(Cc1ccccc1)(c1ccccc1)c1ccccn1. The Kier molecular flexibility index (Phi) is 7.01. The van der Waals surface area contributed by atoms with Gasteiger partial charge >= 0.3 is 12.4 Å². The van der Waals surface area contributed by atoms with Gasteiger partial charge in [0.1, 0.15) is 11.3 Å². The third-order valence-electron chi connectivity index (χ3n) is 5.35. The van der Waals surface area contributed by atoms with Crippen molar-refractivity contribution >= 4 is 11.7 Å². The van der Waals surface area contributed by atoms with E-state index < -0.39 is 17.9 Å². The predicted molar refractivity (Wildman–Crippen MR) is 127 cm³/mol. The summed E-state index contributed by atoms with van der Waals surface area (Å²) in [5.74, 6) is -0.375. The van der Waals surface area contributed by atoms with Gasteiger partial charge in [-0.05, 0) is 47.5 Å². The third-order valence-corrected chi connectivity index (χ3v) is 5.35. The largest absolute Gasteiger partial charge is 0.573 e. The monoisotopic (exact) mass is 477 g/mol. The lowest BCUT2D eigenvalue weighted by atomic mass is 9.80. The van der Waals surface area contributed by atoms with Gasteiger partial charge in [-0.3, -0.25) is 4.98 Å². The van der Waals surface area contributed by atoms with Crippen molar-refractivity contribution in [1.29, 1.82) is 0 Å². The highest BCUT2D eigenvalue weighted by Crippen LogP contribution is 2.33. The van der Waals surface area contributed by atoms with Crippen LogP contribution in [0, 0.1) is 0 Å². The number of anilines is 1. The fourth-order valence-corrected chi connectivity index (χ4v) is 3.86. The van der Waals surface area contributed by atoms with Crippen LogP contribution in [-0.2, 0) is 12.0 Å². The number of pyridine rings is 1. The van der Waals surface area contributed by atoms with Crippen LogP contribution < -0.4 is 15.4 Å². The summed E-state index contributed by atoms with van der Waals surface area (Å²) < 4.78 is 41.2. The molecule has 5 nitrogen and oxygen atoms in total. The van der Waals surface area contributed by atoms with Gasteiger partial charge in [0.2, 0.25) is 0 Å². The smallest absolute Gasteiger partial charge is 0.406 e. The number of urea groups is 1. The maximum Gasteiger partial charge on any atom is 0.573 e. The van der Waals surface area contributed by atoms with Crippen molar-refractivity contribution in [2.45, 2.75) is 18.3 Å². The molecule has 3 aromatic carbocycles. The summed E-state index contributed by atoms with van der Waals surface area (Å²) in [7, 11) is 0. The average Bonchev–Trinajstić information content (AvgIpc) is 2.85. The van der Waals surface area contributed by atoms with Gasteiger partial charge in [-0.25, -0.2) is 4.79 Å². The van der Waals surface area contributed by atoms with Crippen LogP contribution in [0.2, 0.25) is 0 Å². The zero-order valence-corrected chi connectivity index (χ0v) is 18.5. The van der Waals surface area contributed by atoms with Crippen LogP contribution in [0.15, 0.2) is 109 Å². The van der Waals surface area contributed by atoms with Gasteiger partial charge in [0.05, 0.1) is 5.69 Å². The predicted octanol–water partition coefficient (Wildman–Crippen LogP) is 6.29. The van der Waals surface area contributed by atoms with Crippen LogP contribution in [0.4, 0.5) is 23.7 Å². The van der Waals surface area contributed by atoms with E-state index in [9.17, 15) is 18.0 Å². The standard InChI is InChI=1S/C27H22F3N3O2/c28-27(29,30)35-23-16-14-22(15-17-23)32-25(34)33-26(21-11-5-2-6-12-21,24-13-7-8-18-31-24)19-20-9-3-1-4-10-20/h1-18H,19H2,(H2,32,33,34). The van der Waals surface area contributed by atoms with E-state index in [1.165, 1.54) is 12.1 Å². The molecular formula is C27H22F3N3O2. The van der Waals surface area contributed by atoms with Crippen molar-refractivity contribution in [1.82, 2.24) is 10.3 Å². The second-order valence-corrected chi connectivity index (χ2v) is 7.80. The fourth-order valence-electron chi connectivity index (χ4n) is 3.86. The summed E-state index contributed by atoms with van der Waals surface area (Å²) >= 11 is 0. The molecule has 178 valence electrons. The number of hydrogen-bond donors (Lipinski definition) is 2. The van der Waals surface area contributed by atoms with Crippen LogP contribution in [0.25, 0.3) is 0 Å². The minimum atomic E-state index is -4.79. The number of nitrogens with one attached hydrogen (secondary N) is 2. The first-order valence-electron chi connectivity index (χ1n) is 10.8. The van der Waals surface area contributed by atoms with Crippen molar-refractivity contribution in [3.8, 4) is 5.75 Å². The number of benzene rings is 3. The lowest BCUT2D eigenvalue weighted by Gasteiger charge is -2.35. The van der Waals surface area contributed by atoms with Gasteiger partial charge in [0.25, 0.3) is 0 Å². The number of carbonyl (C=O) groups is 1. The molecule has 0 fully saturated rings. The maximum absolute atomic E-state index is 13.2. The van der Waals surface area contributed by atoms with Crippen molar-refractivity contribution in [3.63, 3.8) is 0 Å². The first kappa shape index (κ1) is 23.8. The molecule has 2 N–H and O–H groups in total. The fraction of sp³-hybridized carbons (Fsp3) is 0.111. The molecule has 4 rings (SSSR count). The van der Waals surface area contributed by atoms with E-state index in [0.29, 0.717) is 17.8 Å². The van der Waals surface area contributed by atoms with E-state index in [0.717, 1.165) is 23.3 Å². The van der Waals surface area contributed by atoms with E-state index in [-0.39, 0.29) is 5.75 Å². The summed E-state index contributed by atoms with van der Waals surface area (Å²) in [5.41, 5.74) is 1.73. The molecule has 0 spiro atoms. The molecule has 4 aromatic rings. The summed E-state index contributed by atoms with van der Waals surface area (Å²) in [5, 5.41) is 5.79. The maximum atomic E-state index is 13.2. The van der Waals surface area contributed by atoms with Gasteiger partial charge in [-0.2, -0.15) is 0 Å². The number of halogens is 3. The minimum absolute atomic E-state index is 0.305. The molecule has 1 heterocycles. The summed E-state index contributed by atoms with van der Waals surface area (Å²) in [4.78, 5) is 17.8. The highest BCUT2D eigenvalue weighted by Gasteiger charge is 2.37. The van der Waals surface area contributed by atoms with Gasteiger partial charge in [0, 0.05) is 18.3 Å². The van der Waals surface area contributed by atoms with Crippen LogP contribution in [0.5, 0.6) is 5.75 Å². The average molecular weight is 477 g/mol. The zero-order valence-electron chi connectivity index (χ0n) is 18.5. The van der Waals surface area contributed by atoms with Gasteiger partial charge < -0.3 is 15.4 Å². The molecule has 35 heavy (non-hydrogen) atoms. The van der Waals surface area contributed by atoms with E-state index in [1.807, 2.05) is 72.8 Å². The number of nitrogens with zero attached hydrogens (tertiary/aromatic N) is 1. The Morgan fingerprint density at radius 2 is 1.43 bits per heavy atom. The van der Waals surface area contributed by atoms with Crippen molar-refractivity contribution < 1.29 is 22.7 Å². The number of carbonyl (C=O) groups excluding carboxylic acids is 1. The molecule has 2 amide bonds. The molecule has 0 saturated carbocycles. The molecule has 1 atom stereocenters. The second-order valence-electron chi connectivity index (χ2n) is 7.80. The Morgan fingerprint density at radius 1 is 0.800 bits per heavy atom. The molecule has 0 bridgehead atoms. The molecule has 0 saturated heterocycles. The van der Waals surface area contributed by atoms with Crippen LogP contribution in [-0.4, -0.2) is 17.4 Å². The quantitative estimate of drug-likeness (QED) is 0.329. The number of alkyl halides is 3. The summed E-state index contributed by atoms with van der Waals surface area (Å²) in [6.45, 7) is 0. The van der Waals surface area contributed by atoms with E-state index in [1.54, 1.807) is 12.3 Å². The van der Waals surface area contributed by atoms with Crippen molar-refractivity contribution in [3.05, 3.63) is 126 Å². The van der Waals surface area contributed by atoms with E-state index in [2.05, 4.69) is 20.4 Å². The Balaban J connectivity index is 1.66. The molecule has 1 unspecified atom stereocenters. The molecule has 0 aliphatic heterocycles. The van der Waals surface area contributed by atoms with Crippen LogP contribution >= 0.6 is 0 Å². The second kappa shape index (κ2) is 10.3. The Hall–Kier alpha value is -4.33. The number of rotatable bonds is 7. The first-order valence-corrected chi connectivity index (χ1v) is 10.8. The highest BCUT2D eigenvalue weighted by atomic mass is 19.4. The molecule has 0 aliphatic carbocycles. The number of hydrogen-bond acceptors (Lipinski definition) is 3. The molecular weight excluding hydrogens is 455 g/mol. The summed E-state index contributed by atoms with van der Waals surface area (Å²) in [6, 6.07) is 29.1. The Bertz CT molecular complexity index is 1190. The molecule has 0 radical (unpaired) electrons. The molecule has 1 aromatic heterocycles. The van der Waals surface area contributed by atoms with Gasteiger partial charge in [-0.1, -0.05) is 66.7 Å². The number of aromatic nitrogens is 1. The van der Waals surface area contributed by atoms with E-state index >= 15 is 0 Å². The normalized spacial score (nSPS) is 12.9. The molecule has 8 heteroatoms. The molecule has 0 aliphatic rings. The third kappa shape index (κ3) is 6.17. The number of amides is 2. The van der Waals surface area contributed by atoms with Crippen LogP contribution in [0.1, 0.15) is 16.8 Å². The van der Waals surface area contributed by atoms with Crippen molar-refractivity contribution in [2.75, 3.05) is 5.32 Å². The lowest BCUT2D eigenvalue weighted by Crippen LogP contribution is -2.50. The van der Waals surface area contributed by atoms with Crippen molar-refractivity contribution in [2.24, 2.45) is 0 Å². The topological polar surface area (TPSA) is 63.2 Å². The first-order chi connectivity index (χ1) is 16.8. The zero-order chi connectivity index (χ0) is 24.7. The lowest BCUT2D eigenvalue weighted by molar-refractivity contribution is -0.274. The highest BCUT2D eigenvalue weighted by molar-refractivity contribution is 5.90. The minimum Gasteiger partial charge on any atom is -0.406 e. The Morgan fingerprint density at radius 3 is 2.03 bits per heavy atom. The van der Waals surface area contributed by atoms with Gasteiger partial charge in [-0.15, -0.1) is 13.2 Å². The van der Waals surface area contributed by atoms with Crippen LogP contribution in [0.3, 0.4) is 0 Å². The van der Waals surface area contributed by atoms with Gasteiger partial charge in [0.15, 0.2) is 0 Å².